The number of amides is 1. The van der Waals surface area contributed by atoms with E-state index in [0.29, 0.717) is 31.6 Å². The van der Waals surface area contributed by atoms with Crippen molar-refractivity contribution in [2.24, 2.45) is 0 Å². The van der Waals surface area contributed by atoms with Crippen molar-refractivity contribution < 1.29 is 4.79 Å². The van der Waals surface area contributed by atoms with Crippen molar-refractivity contribution in [3.63, 3.8) is 0 Å². The molecule has 104 valence electrons. The Bertz CT molecular complexity index is 509. The van der Waals surface area contributed by atoms with Gasteiger partial charge in [0, 0.05) is 25.2 Å². The number of anilines is 1. The summed E-state index contributed by atoms with van der Waals surface area (Å²) < 4.78 is 0. The Hall–Kier alpha value is -2.53. The molecule has 0 bridgehead atoms. The van der Waals surface area contributed by atoms with Gasteiger partial charge in [0.05, 0.1) is 25.0 Å². The predicted octanol–water partition coefficient (Wildman–Crippen LogP) is 1.86. The highest BCUT2D eigenvalue weighted by molar-refractivity contribution is 5.76. The molecular formula is C15H18N4O. The molecule has 0 saturated heterocycles. The van der Waals surface area contributed by atoms with Crippen LogP contribution in [0, 0.1) is 22.7 Å². The number of para-hydroxylation sites is 1. The van der Waals surface area contributed by atoms with Crippen molar-refractivity contribution >= 4 is 11.6 Å². The average Bonchev–Trinajstić information content (AvgIpc) is 2.46. The molecule has 0 aliphatic heterocycles. The van der Waals surface area contributed by atoms with Gasteiger partial charge in [-0.15, -0.1) is 0 Å². The molecule has 1 rings (SSSR count). The molecule has 5 heteroatoms. The Kier molecular flexibility index (Phi) is 6.64. The van der Waals surface area contributed by atoms with E-state index < -0.39 is 0 Å². The maximum atomic E-state index is 12.1. The Balaban J connectivity index is 2.55. The lowest BCUT2D eigenvalue weighted by Gasteiger charge is -2.20. The number of nitrogens with zero attached hydrogens (tertiary/aromatic N) is 3. The second kappa shape index (κ2) is 8.55. The normalized spacial score (nSPS) is 9.50. The zero-order valence-corrected chi connectivity index (χ0v) is 11.4. The van der Waals surface area contributed by atoms with Gasteiger partial charge in [-0.2, -0.15) is 10.5 Å². The Labute approximate surface area is 119 Å². The van der Waals surface area contributed by atoms with Gasteiger partial charge >= 0.3 is 0 Å². The van der Waals surface area contributed by atoms with E-state index in [1.807, 2.05) is 36.4 Å². The first-order valence-corrected chi connectivity index (χ1v) is 6.54. The fraction of sp³-hybridized carbons (Fsp3) is 0.400. The van der Waals surface area contributed by atoms with Crippen molar-refractivity contribution in [1.29, 1.82) is 10.5 Å². The summed E-state index contributed by atoms with van der Waals surface area (Å²) >= 11 is 0. The van der Waals surface area contributed by atoms with E-state index in [2.05, 4.69) is 0 Å². The van der Waals surface area contributed by atoms with Crippen molar-refractivity contribution in [2.75, 3.05) is 18.8 Å². The van der Waals surface area contributed by atoms with Crippen molar-refractivity contribution in [2.45, 2.75) is 25.7 Å². The van der Waals surface area contributed by atoms with E-state index in [1.54, 1.807) is 4.90 Å². The van der Waals surface area contributed by atoms with Crippen LogP contribution < -0.4 is 5.73 Å². The van der Waals surface area contributed by atoms with Gasteiger partial charge in [-0.3, -0.25) is 4.79 Å². The highest BCUT2D eigenvalue weighted by atomic mass is 16.2. The molecule has 1 aromatic rings. The van der Waals surface area contributed by atoms with Crippen LogP contribution in [0.2, 0.25) is 0 Å². The lowest BCUT2D eigenvalue weighted by atomic mass is 10.1. The first-order valence-electron chi connectivity index (χ1n) is 6.54. The average molecular weight is 270 g/mol. The van der Waals surface area contributed by atoms with E-state index in [1.165, 1.54) is 0 Å². The summed E-state index contributed by atoms with van der Waals surface area (Å²) in [6.45, 7) is 0.753. The second-order valence-corrected chi connectivity index (χ2v) is 4.40. The van der Waals surface area contributed by atoms with Gasteiger partial charge in [0.1, 0.15) is 0 Å². The number of carbonyl (C=O) groups is 1. The van der Waals surface area contributed by atoms with Crippen LogP contribution in [0.5, 0.6) is 0 Å². The lowest BCUT2D eigenvalue weighted by Crippen LogP contribution is -2.32. The molecule has 0 aromatic heterocycles. The maximum absolute atomic E-state index is 12.1. The third-order valence-corrected chi connectivity index (χ3v) is 3.00. The molecule has 2 N–H and O–H groups in total. The molecule has 0 aliphatic rings. The topological polar surface area (TPSA) is 93.9 Å². The van der Waals surface area contributed by atoms with Crippen LogP contribution in [-0.2, 0) is 11.2 Å². The fourth-order valence-corrected chi connectivity index (χ4v) is 1.89. The minimum absolute atomic E-state index is 0.0428. The highest BCUT2D eigenvalue weighted by Crippen LogP contribution is 2.13. The van der Waals surface area contributed by atoms with E-state index in [9.17, 15) is 4.79 Å². The van der Waals surface area contributed by atoms with Crippen LogP contribution in [0.4, 0.5) is 5.69 Å². The molecule has 1 amide bonds. The molecule has 0 spiro atoms. The number of nitriles is 2. The Morgan fingerprint density at radius 3 is 2.30 bits per heavy atom. The molecule has 0 aliphatic carbocycles. The van der Waals surface area contributed by atoms with Crippen LogP contribution >= 0.6 is 0 Å². The maximum Gasteiger partial charge on any atom is 0.222 e. The minimum atomic E-state index is -0.0428. The van der Waals surface area contributed by atoms with E-state index in [0.717, 1.165) is 5.56 Å². The summed E-state index contributed by atoms with van der Waals surface area (Å²) in [6, 6.07) is 11.5. The standard InChI is InChI=1S/C15H18N4O/c16-9-3-11-19(12-4-10-17)15(20)8-7-13-5-1-2-6-14(13)18/h1-2,5-6H,3-4,7-8,11-12,18H2. The fourth-order valence-electron chi connectivity index (χ4n) is 1.89. The quantitative estimate of drug-likeness (QED) is 0.765. The summed E-state index contributed by atoms with van der Waals surface area (Å²) in [5.41, 5.74) is 7.46. The molecule has 0 heterocycles. The van der Waals surface area contributed by atoms with Gasteiger partial charge in [-0.1, -0.05) is 18.2 Å². The molecule has 5 nitrogen and oxygen atoms in total. The third-order valence-electron chi connectivity index (χ3n) is 3.00. The number of rotatable bonds is 7. The number of aryl methyl sites for hydroxylation is 1. The van der Waals surface area contributed by atoms with Crippen LogP contribution in [-0.4, -0.2) is 23.9 Å². The predicted molar refractivity (Wildman–Crippen MR) is 76.2 cm³/mol. The van der Waals surface area contributed by atoms with Crippen LogP contribution in [0.3, 0.4) is 0 Å². The molecule has 0 saturated carbocycles. The number of hydrogen-bond donors (Lipinski definition) is 1. The molecule has 0 fully saturated rings. The zero-order valence-electron chi connectivity index (χ0n) is 11.4. The van der Waals surface area contributed by atoms with Crippen molar-refractivity contribution in [1.82, 2.24) is 4.90 Å². The molecule has 20 heavy (non-hydrogen) atoms. The number of nitrogen functional groups attached to an aromatic ring is 1. The van der Waals surface area contributed by atoms with Crippen LogP contribution in [0.15, 0.2) is 24.3 Å². The van der Waals surface area contributed by atoms with Gasteiger partial charge in [0.25, 0.3) is 0 Å². The highest BCUT2D eigenvalue weighted by Gasteiger charge is 2.13. The van der Waals surface area contributed by atoms with Gasteiger partial charge in [0.15, 0.2) is 0 Å². The third kappa shape index (κ3) is 4.99. The van der Waals surface area contributed by atoms with Gasteiger partial charge < -0.3 is 10.6 Å². The molecule has 0 radical (unpaired) electrons. The first-order chi connectivity index (χ1) is 9.69. The second-order valence-electron chi connectivity index (χ2n) is 4.40. The minimum Gasteiger partial charge on any atom is -0.399 e. The Morgan fingerprint density at radius 2 is 1.75 bits per heavy atom. The largest absolute Gasteiger partial charge is 0.399 e. The van der Waals surface area contributed by atoms with E-state index in [-0.39, 0.29) is 18.7 Å². The number of benzene rings is 1. The summed E-state index contributed by atoms with van der Waals surface area (Å²) in [4.78, 5) is 13.7. The van der Waals surface area contributed by atoms with Gasteiger partial charge in [-0.05, 0) is 18.1 Å². The SMILES string of the molecule is N#CCCN(CCC#N)C(=O)CCc1ccccc1N. The Morgan fingerprint density at radius 1 is 1.15 bits per heavy atom. The zero-order chi connectivity index (χ0) is 14.8. The van der Waals surface area contributed by atoms with E-state index >= 15 is 0 Å². The molecular weight excluding hydrogens is 252 g/mol. The van der Waals surface area contributed by atoms with Crippen molar-refractivity contribution in [3.05, 3.63) is 29.8 Å². The van der Waals surface area contributed by atoms with Crippen molar-refractivity contribution in [3.8, 4) is 12.1 Å². The monoisotopic (exact) mass is 270 g/mol. The number of nitrogens with two attached hydrogens (primary N) is 1. The molecule has 1 aromatic carbocycles. The summed E-state index contributed by atoms with van der Waals surface area (Å²) in [6.07, 6.45) is 1.47. The summed E-state index contributed by atoms with van der Waals surface area (Å²) in [5, 5.41) is 17.2. The van der Waals surface area contributed by atoms with E-state index in [4.69, 9.17) is 16.3 Å². The number of hydrogen-bond acceptors (Lipinski definition) is 4. The number of carbonyl (C=O) groups excluding carboxylic acids is 1. The van der Waals surface area contributed by atoms with Crippen LogP contribution in [0.25, 0.3) is 0 Å². The summed E-state index contributed by atoms with van der Waals surface area (Å²) in [7, 11) is 0. The molecule has 0 unspecified atom stereocenters. The van der Waals surface area contributed by atoms with Crippen LogP contribution in [0.1, 0.15) is 24.8 Å². The van der Waals surface area contributed by atoms with Gasteiger partial charge in [-0.25, -0.2) is 0 Å². The molecule has 0 atom stereocenters. The lowest BCUT2D eigenvalue weighted by molar-refractivity contribution is -0.131. The smallest absolute Gasteiger partial charge is 0.222 e. The summed E-state index contributed by atoms with van der Waals surface area (Å²) in [5.74, 6) is -0.0428. The van der Waals surface area contributed by atoms with Gasteiger partial charge in [0.2, 0.25) is 5.91 Å². The first kappa shape index (κ1) is 15.5.